The third-order valence-corrected chi connectivity index (χ3v) is 2.43. The highest BCUT2D eigenvalue weighted by atomic mass is 79.9. The molecule has 12 heavy (non-hydrogen) atoms. The third-order valence-electron chi connectivity index (χ3n) is 1.08. The van der Waals surface area contributed by atoms with Crippen molar-refractivity contribution in [1.82, 2.24) is 0 Å². The van der Waals surface area contributed by atoms with Crippen molar-refractivity contribution in [3.63, 3.8) is 0 Å². The zero-order chi connectivity index (χ0) is 8.43. The first kappa shape index (κ1) is 12.2. The Hall–Kier alpha value is 0.180. The standard InChI is InChI=1S/C6H2Br2ClN2.ClH/c7-3-1-4(8)6(11-10)5(9)2-3;/h1-2H;1H/q+1;/p-1. The molecule has 1 aromatic carbocycles. The minimum absolute atomic E-state index is 0. The first-order chi connectivity index (χ1) is 5.15. The van der Waals surface area contributed by atoms with E-state index in [4.69, 9.17) is 17.0 Å². The van der Waals surface area contributed by atoms with E-state index in [1.807, 2.05) is 0 Å². The zero-order valence-corrected chi connectivity index (χ0v) is 10.2. The van der Waals surface area contributed by atoms with Crippen LogP contribution in [0, 0.1) is 5.39 Å². The maximum Gasteiger partial charge on any atom is 0.417 e. The van der Waals surface area contributed by atoms with E-state index in [0.29, 0.717) is 15.2 Å². The summed E-state index contributed by atoms with van der Waals surface area (Å²) in [6, 6.07) is 3.41. The van der Waals surface area contributed by atoms with Crippen LogP contribution in [0.25, 0.3) is 4.98 Å². The first-order valence-electron chi connectivity index (χ1n) is 2.65. The van der Waals surface area contributed by atoms with E-state index in [-0.39, 0.29) is 12.4 Å². The highest BCUT2D eigenvalue weighted by Gasteiger charge is 2.17. The highest BCUT2D eigenvalue weighted by molar-refractivity contribution is 9.11. The lowest BCUT2D eigenvalue weighted by atomic mass is 10.3. The van der Waals surface area contributed by atoms with Gasteiger partial charge in [0.1, 0.15) is 9.50 Å². The van der Waals surface area contributed by atoms with Gasteiger partial charge in [0.05, 0.1) is 0 Å². The molecule has 0 N–H and O–H groups in total. The summed E-state index contributed by atoms with van der Waals surface area (Å²) in [7, 11) is 0. The summed E-state index contributed by atoms with van der Waals surface area (Å²) in [5, 5.41) is 8.88. The number of rotatable bonds is 0. The molecule has 1 aromatic rings. The van der Waals surface area contributed by atoms with E-state index in [1.165, 1.54) is 0 Å². The Balaban J connectivity index is 0.00000121. The number of diazo groups is 1. The molecular formula is C6H2Br2Cl2N2. The lowest BCUT2D eigenvalue weighted by molar-refractivity contribution is -0.00000211. The molecular weight excluding hydrogens is 331 g/mol. The van der Waals surface area contributed by atoms with Gasteiger partial charge in [0.25, 0.3) is 0 Å². The van der Waals surface area contributed by atoms with Crippen LogP contribution < -0.4 is 12.4 Å². The Labute approximate surface area is 97.6 Å². The topological polar surface area (TPSA) is 28.1 Å². The highest BCUT2D eigenvalue weighted by Crippen LogP contribution is 2.35. The molecule has 0 spiro atoms. The van der Waals surface area contributed by atoms with Crippen LogP contribution in [0.15, 0.2) is 21.1 Å². The maximum atomic E-state index is 8.49. The second-order valence-electron chi connectivity index (χ2n) is 1.82. The molecule has 0 aliphatic heterocycles. The van der Waals surface area contributed by atoms with Gasteiger partial charge in [0, 0.05) is 4.47 Å². The van der Waals surface area contributed by atoms with Crippen LogP contribution in [-0.4, -0.2) is 0 Å². The van der Waals surface area contributed by atoms with E-state index < -0.39 is 0 Å². The van der Waals surface area contributed by atoms with E-state index in [1.54, 1.807) is 12.1 Å². The molecule has 0 aromatic heterocycles. The minimum atomic E-state index is 0. The molecule has 0 saturated carbocycles. The van der Waals surface area contributed by atoms with Gasteiger partial charge in [-0.2, -0.15) is 0 Å². The van der Waals surface area contributed by atoms with Crippen molar-refractivity contribution < 1.29 is 12.4 Å². The number of halogens is 4. The molecule has 0 fully saturated rings. The first-order valence-corrected chi connectivity index (χ1v) is 4.61. The van der Waals surface area contributed by atoms with Crippen molar-refractivity contribution in [2.75, 3.05) is 0 Å². The molecule has 0 atom stereocenters. The maximum absolute atomic E-state index is 8.49. The van der Waals surface area contributed by atoms with Crippen molar-refractivity contribution in [3.8, 4) is 0 Å². The van der Waals surface area contributed by atoms with Crippen LogP contribution in [0.1, 0.15) is 0 Å². The molecule has 0 saturated heterocycles. The quantitative estimate of drug-likeness (QED) is 0.659. The van der Waals surface area contributed by atoms with Crippen LogP contribution in [0.2, 0.25) is 5.02 Å². The van der Waals surface area contributed by atoms with E-state index in [2.05, 4.69) is 36.8 Å². The fourth-order valence-corrected chi connectivity index (χ4v) is 2.44. The molecule has 1 rings (SSSR count). The van der Waals surface area contributed by atoms with Crippen molar-refractivity contribution in [1.29, 1.82) is 5.39 Å². The van der Waals surface area contributed by atoms with Crippen LogP contribution >= 0.6 is 43.5 Å². The predicted molar refractivity (Wildman–Crippen MR) is 51.6 cm³/mol. The van der Waals surface area contributed by atoms with E-state index >= 15 is 0 Å². The fourth-order valence-electron chi connectivity index (χ4n) is 0.630. The normalized spacial score (nSPS) is 8.50. The molecule has 64 valence electrons. The van der Waals surface area contributed by atoms with Gasteiger partial charge in [-0.05, 0) is 28.1 Å². The largest absolute Gasteiger partial charge is 1.00 e. The average Bonchev–Trinajstić information content (AvgIpc) is 1.85. The molecule has 6 heteroatoms. The summed E-state index contributed by atoms with van der Waals surface area (Å²) in [5.74, 6) is 0. The van der Waals surface area contributed by atoms with Gasteiger partial charge >= 0.3 is 5.69 Å². The summed E-state index contributed by atoms with van der Waals surface area (Å²) >= 11 is 12.1. The lowest BCUT2D eigenvalue weighted by Crippen LogP contribution is -3.00. The summed E-state index contributed by atoms with van der Waals surface area (Å²) in [5.41, 5.74) is 0.342. The van der Waals surface area contributed by atoms with Crippen molar-refractivity contribution in [2.24, 2.45) is 0 Å². The number of benzene rings is 1. The predicted octanol–water partition coefficient (Wildman–Crippen LogP) is 1.35. The Morgan fingerprint density at radius 3 is 2.33 bits per heavy atom. The Morgan fingerprint density at radius 1 is 1.33 bits per heavy atom. The van der Waals surface area contributed by atoms with Gasteiger partial charge in [-0.25, -0.2) is 0 Å². The Morgan fingerprint density at radius 2 is 1.92 bits per heavy atom. The Kier molecular flexibility index (Phi) is 5.10. The van der Waals surface area contributed by atoms with Gasteiger partial charge in [0.2, 0.25) is 5.39 Å². The number of hydrogen-bond donors (Lipinski definition) is 0. The summed E-state index contributed by atoms with van der Waals surface area (Å²) < 4.78 is 1.49. The molecule has 0 unspecified atom stereocenters. The van der Waals surface area contributed by atoms with Gasteiger partial charge in [-0.3, -0.25) is 0 Å². The smallest absolute Gasteiger partial charge is 0.417 e. The molecule has 0 bridgehead atoms. The summed E-state index contributed by atoms with van der Waals surface area (Å²) in [6.07, 6.45) is 0. The van der Waals surface area contributed by atoms with Crippen LogP contribution in [-0.2, 0) is 0 Å². The monoisotopic (exact) mass is 330 g/mol. The fraction of sp³-hybridized carbons (Fsp3) is 0. The van der Waals surface area contributed by atoms with Crippen molar-refractivity contribution in [2.45, 2.75) is 0 Å². The molecule has 0 amide bonds. The van der Waals surface area contributed by atoms with Crippen LogP contribution in [0.5, 0.6) is 0 Å². The van der Waals surface area contributed by atoms with Crippen LogP contribution in [0.3, 0.4) is 0 Å². The van der Waals surface area contributed by atoms with E-state index in [0.717, 1.165) is 4.47 Å². The molecule has 0 aliphatic rings. The second kappa shape index (κ2) is 5.03. The number of hydrogen-bond acceptors (Lipinski definition) is 1. The van der Waals surface area contributed by atoms with Gasteiger partial charge in [0.15, 0.2) is 4.98 Å². The SMILES string of the molecule is N#[N+]c1c(Cl)cc(Br)cc1Br.[Cl-]. The van der Waals surface area contributed by atoms with Crippen molar-refractivity contribution in [3.05, 3.63) is 31.1 Å². The molecule has 2 nitrogen and oxygen atoms in total. The lowest BCUT2D eigenvalue weighted by Gasteiger charge is -1.90. The minimum Gasteiger partial charge on any atom is -1.00 e. The van der Waals surface area contributed by atoms with Gasteiger partial charge in [-0.1, -0.05) is 27.5 Å². The summed E-state index contributed by atoms with van der Waals surface area (Å²) in [6.45, 7) is 0. The second-order valence-corrected chi connectivity index (χ2v) is 4.00. The summed E-state index contributed by atoms with van der Waals surface area (Å²) in [4.78, 5) is 3.01. The molecule has 0 radical (unpaired) electrons. The Bertz CT molecular complexity index is 312. The molecule has 0 aliphatic carbocycles. The van der Waals surface area contributed by atoms with E-state index in [9.17, 15) is 0 Å². The third kappa shape index (κ3) is 2.60. The van der Waals surface area contributed by atoms with Gasteiger partial charge in [-0.15, -0.1) is 0 Å². The van der Waals surface area contributed by atoms with Gasteiger partial charge < -0.3 is 12.4 Å². The van der Waals surface area contributed by atoms with Crippen molar-refractivity contribution >= 4 is 49.1 Å². The van der Waals surface area contributed by atoms with Crippen LogP contribution in [0.4, 0.5) is 5.69 Å². The average molecular weight is 333 g/mol. The number of nitrogens with zero attached hydrogens (tertiary/aromatic N) is 2. The molecule has 0 heterocycles. The zero-order valence-electron chi connectivity index (χ0n) is 5.56.